The summed E-state index contributed by atoms with van der Waals surface area (Å²) >= 11 is 0. The summed E-state index contributed by atoms with van der Waals surface area (Å²) in [5.41, 5.74) is 2.02. The molecule has 0 spiro atoms. The Labute approximate surface area is 152 Å². The van der Waals surface area contributed by atoms with Crippen molar-refractivity contribution in [2.75, 3.05) is 26.8 Å². The Morgan fingerprint density at radius 2 is 2.09 bits per heavy atom. The van der Waals surface area contributed by atoms with Crippen molar-refractivity contribution in [2.45, 2.75) is 58.4 Å². The quantitative estimate of drug-likeness (QED) is 0.316. The molecule has 2 rings (SSSR count). The van der Waals surface area contributed by atoms with Gasteiger partial charge in [0, 0.05) is 19.6 Å². The van der Waals surface area contributed by atoms with Crippen LogP contribution in [0.2, 0.25) is 0 Å². The number of hydrogen-bond donors (Lipinski definition) is 2. The van der Waals surface area contributed by atoms with Gasteiger partial charge in [-0.1, -0.05) is 25.5 Å². The topological polar surface area (TPSA) is 45.7 Å². The normalized spacial score (nSPS) is 22.5. The minimum absolute atomic E-state index is 0. The van der Waals surface area contributed by atoms with Crippen LogP contribution in [-0.2, 0) is 4.74 Å². The van der Waals surface area contributed by atoms with E-state index in [4.69, 9.17) is 4.74 Å². The third kappa shape index (κ3) is 6.86. The van der Waals surface area contributed by atoms with Gasteiger partial charge in [0.05, 0.1) is 13.2 Å². The van der Waals surface area contributed by atoms with Gasteiger partial charge in [-0.2, -0.15) is 0 Å². The average molecular weight is 421 g/mol. The molecule has 0 aromatic heterocycles. The fourth-order valence-corrected chi connectivity index (χ4v) is 3.07. The summed E-state index contributed by atoms with van der Waals surface area (Å²) in [5.74, 6) is 0.951. The van der Waals surface area contributed by atoms with Crippen LogP contribution in [0.5, 0.6) is 0 Å². The van der Waals surface area contributed by atoms with Crippen LogP contribution in [-0.4, -0.2) is 38.8 Å². The van der Waals surface area contributed by atoms with Crippen molar-refractivity contribution < 1.29 is 4.74 Å². The summed E-state index contributed by atoms with van der Waals surface area (Å²) in [6.07, 6.45) is 9.47. The lowest BCUT2D eigenvalue weighted by molar-refractivity contribution is 0.153. The number of hydrogen-bond acceptors (Lipinski definition) is 2. The summed E-state index contributed by atoms with van der Waals surface area (Å²) in [7, 11) is 1.86. The number of halogens is 1. The molecule has 22 heavy (non-hydrogen) atoms. The van der Waals surface area contributed by atoms with E-state index >= 15 is 0 Å². The molecule has 0 bridgehead atoms. The largest absolute Gasteiger partial charge is 0.377 e. The first-order chi connectivity index (χ1) is 10.1. The number of nitrogens with zero attached hydrogens (tertiary/aromatic N) is 1. The summed E-state index contributed by atoms with van der Waals surface area (Å²) in [6, 6.07) is 0.575. The maximum absolute atomic E-state index is 5.33. The molecule has 2 aliphatic rings. The molecule has 0 aromatic carbocycles. The highest BCUT2D eigenvalue weighted by atomic mass is 127. The maximum atomic E-state index is 5.33. The third-order valence-corrected chi connectivity index (χ3v) is 4.70. The van der Waals surface area contributed by atoms with Crippen LogP contribution >= 0.6 is 24.0 Å². The number of nitrogens with one attached hydrogen (secondary N) is 2. The summed E-state index contributed by atoms with van der Waals surface area (Å²) < 4.78 is 5.33. The van der Waals surface area contributed by atoms with Gasteiger partial charge in [0.2, 0.25) is 0 Å². The van der Waals surface area contributed by atoms with Crippen molar-refractivity contribution in [1.82, 2.24) is 10.6 Å². The van der Waals surface area contributed by atoms with Crippen LogP contribution in [0.25, 0.3) is 0 Å². The van der Waals surface area contributed by atoms with Crippen LogP contribution in [0.4, 0.5) is 0 Å². The standard InChI is InChI=1S/C17H31N3O.HI/c1-17(2)9-4-15(5-10-17)20-16(18-3)19-11-6-14-7-12-21-13-8-14;/h7,15H,4-6,8-13H2,1-3H3,(H2,18,19,20);1H. The van der Waals surface area contributed by atoms with E-state index in [0.717, 1.165) is 38.6 Å². The van der Waals surface area contributed by atoms with Gasteiger partial charge in [-0.15, -0.1) is 24.0 Å². The lowest BCUT2D eigenvalue weighted by Crippen LogP contribution is -2.45. The number of guanidine groups is 1. The van der Waals surface area contributed by atoms with E-state index < -0.39 is 0 Å². The molecule has 1 heterocycles. The molecule has 1 saturated carbocycles. The van der Waals surface area contributed by atoms with Gasteiger partial charge in [-0.3, -0.25) is 4.99 Å². The molecule has 0 unspecified atom stereocenters. The molecule has 1 aliphatic heterocycles. The van der Waals surface area contributed by atoms with Gasteiger partial charge >= 0.3 is 0 Å². The monoisotopic (exact) mass is 421 g/mol. The van der Waals surface area contributed by atoms with Crippen molar-refractivity contribution in [3.05, 3.63) is 11.6 Å². The second-order valence-corrected chi connectivity index (χ2v) is 7.02. The Balaban J connectivity index is 0.00000242. The van der Waals surface area contributed by atoms with Gasteiger partial charge in [0.25, 0.3) is 0 Å². The summed E-state index contributed by atoms with van der Waals surface area (Å²) in [4.78, 5) is 4.35. The molecule has 128 valence electrons. The highest BCUT2D eigenvalue weighted by Crippen LogP contribution is 2.34. The number of rotatable bonds is 4. The van der Waals surface area contributed by atoms with Crippen LogP contribution in [0.15, 0.2) is 16.6 Å². The molecule has 5 heteroatoms. The molecule has 0 amide bonds. The smallest absolute Gasteiger partial charge is 0.191 e. The van der Waals surface area contributed by atoms with Crippen LogP contribution < -0.4 is 10.6 Å². The Morgan fingerprint density at radius 1 is 1.36 bits per heavy atom. The Bertz CT molecular complexity index is 383. The van der Waals surface area contributed by atoms with Crippen molar-refractivity contribution in [3.63, 3.8) is 0 Å². The van der Waals surface area contributed by atoms with Crippen molar-refractivity contribution in [2.24, 2.45) is 10.4 Å². The molecule has 1 aliphatic carbocycles. The maximum Gasteiger partial charge on any atom is 0.191 e. The SMILES string of the molecule is CN=C(NCCC1=CCOCC1)NC1CCC(C)(C)CC1.I. The van der Waals surface area contributed by atoms with Crippen LogP contribution in [0.3, 0.4) is 0 Å². The summed E-state index contributed by atoms with van der Waals surface area (Å²) in [6.45, 7) is 7.34. The van der Waals surface area contributed by atoms with E-state index in [-0.39, 0.29) is 24.0 Å². The van der Waals surface area contributed by atoms with E-state index in [1.165, 1.54) is 31.3 Å². The summed E-state index contributed by atoms with van der Waals surface area (Å²) in [5, 5.41) is 7.02. The molecule has 2 N–H and O–H groups in total. The average Bonchev–Trinajstić information content (AvgIpc) is 2.49. The zero-order valence-corrected chi connectivity index (χ0v) is 16.6. The van der Waals surface area contributed by atoms with Crippen molar-refractivity contribution in [3.8, 4) is 0 Å². The fourth-order valence-electron chi connectivity index (χ4n) is 3.07. The molecule has 0 radical (unpaired) electrons. The Kier molecular flexibility index (Phi) is 8.75. The molecular formula is C17H32IN3O. The van der Waals surface area contributed by atoms with Crippen LogP contribution in [0, 0.1) is 5.41 Å². The Morgan fingerprint density at radius 3 is 2.68 bits per heavy atom. The van der Waals surface area contributed by atoms with E-state index in [0.29, 0.717) is 11.5 Å². The Hall–Kier alpha value is -0.300. The highest BCUT2D eigenvalue weighted by molar-refractivity contribution is 14.0. The molecule has 0 atom stereocenters. The van der Waals surface area contributed by atoms with E-state index in [1.54, 1.807) is 0 Å². The first-order valence-electron chi connectivity index (χ1n) is 8.32. The third-order valence-electron chi connectivity index (χ3n) is 4.70. The number of ether oxygens (including phenoxy) is 1. The molecule has 0 saturated heterocycles. The minimum atomic E-state index is 0. The van der Waals surface area contributed by atoms with Gasteiger partial charge < -0.3 is 15.4 Å². The van der Waals surface area contributed by atoms with E-state index in [1.807, 2.05) is 7.05 Å². The zero-order chi connectivity index (χ0) is 15.1. The molecular weight excluding hydrogens is 389 g/mol. The fraction of sp³-hybridized carbons (Fsp3) is 0.824. The second kappa shape index (κ2) is 9.75. The molecule has 1 fully saturated rings. The minimum Gasteiger partial charge on any atom is -0.377 e. The van der Waals surface area contributed by atoms with E-state index in [2.05, 4.69) is 35.5 Å². The lowest BCUT2D eigenvalue weighted by Gasteiger charge is -2.35. The zero-order valence-electron chi connectivity index (χ0n) is 14.3. The van der Waals surface area contributed by atoms with Crippen LogP contribution in [0.1, 0.15) is 52.4 Å². The van der Waals surface area contributed by atoms with Gasteiger partial charge in [0.1, 0.15) is 0 Å². The first kappa shape index (κ1) is 19.7. The lowest BCUT2D eigenvalue weighted by atomic mass is 9.75. The predicted molar refractivity (Wildman–Crippen MR) is 104 cm³/mol. The van der Waals surface area contributed by atoms with Gasteiger partial charge in [0.15, 0.2) is 5.96 Å². The van der Waals surface area contributed by atoms with Crippen molar-refractivity contribution >= 4 is 29.9 Å². The van der Waals surface area contributed by atoms with Gasteiger partial charge in [-0.05, 0) is 43.9 Å². The highest BCUT2D eigenvalue weighted by Gasteiger charge is 2.27. The van der Waals surface area contributed by atoms with Gasteiger partial charge in [-0.25, -0.2) is 0 Å². The second-order valence-electron chi connectivity index (χ2n) is 7.02. The van der Waals surface area contributed by atoms with Crippen molar-refractivity contribution in [1.29, 1.82) is 0 Å². The first-order valence-corrected chi connectivity index (χ1v) is 8.32. The number of aliphatic imine (C=N–C) groups is 1. The van der Waals surface area contributed by atoms with E-state index in [9.17, 15) is 0 Å². The predicted octanol–water partition coefficient (Wildman–Crippen LogP) is 3.48. The molecule has 0 aromatic rings. The molecule has 4 nitrogen and oxygen atoms in total.